The third kappa shape index (κ3) is 3.77. The first-order valence-electron chi connectivity index (χ1n) is 9.22. The fourth-order valence-electron chi connectivity index (χ4n) is 3.31. The summed E-state index contributed by atoms with van der Waals surface area (Å²) in [4.78, 5) is 24.6. The van der Waals surface area contributed by atoms with Gasteiger partial charge in [-0.25, -0.2) is 18.7 Å². The van der Waals surface area contributed by atoms with Crippen molar-refractivity contribution in [3.63, 3.8) is 0 Å². The Hall–Kier alpha value is -3.89. The number of aromatic hydroxyl groups is 1. The van der Waals surface area contributed by atoms with Gasteiger partial charge in [0.05, 0.1) is 10.9 Å². The average Bonchev–Trinajstić information content (AvgIpc) is 2.75. The van der Waals surface area contributed by atoms with Crippen molar-refractivity contribution in [2.45, 2.75) is 19.1 Å². The van der Waals surface area contributed by atoms with E-state index in [1.54, 1.807) is 0 Å². The summed E-state index contributed by atoms with van der Waals surface area (Å²) in [7, 11) is 0. The van der Waals surface area contributed by atoms with Crippen LogP contribution in [0.5, 0.6) is 5.75 Å². The van der Waals surface area contributed by atoms with E-state index >= 15 is 0 Å². The second-order valence-corrected chi connectivity index (χ2v) is 6.78. The SMILES string of the molecule is O=c1c2c(C(F)(F)F)nccc2nc(-c2ncccc2O)n1CCc1cccc(F)c1F. The Labute approximate surface area is 176 Å². The van der Waals surface area contributed by atoms with Crippen molar-refractivity contribution in [1.29, 1.82) is 0 Å². The van der Waals surface area contributed by atoms with Crippen LogP contribution in [-0.2, 0) is 19.1 Å². The van der Waals surface area contributed by atoms with Crippen LogP contribution in [0.1, 0.15) is 11.3 Å². The lowest BCUT2D eigenvalue weighted by molar-refractivity contribution is -0.139. The molecule has 3 heterocycles. The summed E-state index contributed by atoms with van der Waals surface area (Å²) in [5, 5.41) is 9.40. The number of aryl methyl sites for hydroxylation is 1. The summed E-state index contributed by atoms with van der Waals surface area (Å²) in [6, 6.07) is 7.29. The normalized spacial score (nSPS) is 11.8. The van der Waals surface area contributed by atoms with Gasteiger partial charge in [0.25, 0.3) is 5.56 Å². The van der Waals surface area contributed by atoms with Crippen molar-refractivity contribution in [3.8, 4) is 17.3 Å². The fraction of sp³-hybridized carbons (Fsp3) is 0.143. The van der Waals surface area contributed by atoms with Gasteiger partial charge in [0.2, 0.25) is 0 Å². The molecule has 0 spiro atoms. The van der Waals surface area contributed by atoms with Gasteiger partial charge in [-0.15, -0.1) is 0 Å². The Morgan fingerprint density at radius 1 is 1.00 bits per heavy atom. The zero-order valence-electron chi connectivity index (χ0n) is 16.1. The van der Waals surface area contributed by atoms with E-state index in [1.165, 1.54) is 30.5 Å². The fourth-order valence-corrected chi connectivity index (χ4v) is 3.31. The molecule has 0 unspecified atom stereocenters. The number of nitrogens with zero attached hydrogens (tertiary/aromatic N) is 4. The summed E-state index contributed by atoms with van der Waals surface area (Å²) in [5.41, 5.74) is -3.07. The van der Waals surface area contributed by atoms with Gasteiger partial charge in [-0.3, -0.25) is 14.3 Å². The molecule has 0 bridgehead atoms. The molecule has 164 valence electrons. The maximum absolute atomic E-state index is 14.1. The number of rotatable bonds is 4. The monoisotopic (exact) mass is 448 g/mol. The predicted octanol–water partition coefficient (Wildman–Crippen LogP) is 4.10. The molecule has 4 aromatic rings. The van der Waals surface area contributed by atoms with Crippen molar-refractivity contribution in [2.75, 3.05) is 0 Å². The summed E-state index contributed by atoms with van der Waals surface area (Å²) < 4.78 is 68.9. The molecule has 3 aromatic heterocycles. The van der Waals surface area contributed by atoms with Gasteiger partial charge in [0.15, 0.2) is 23.2 Å². The lowest BCUT2D eigenvalue weighted by atomic mass is 10.1. The lowest BCUT2D eigenvalue weighted by Gasteiger charge is -2.16. The van der Waals surface area contributed by atoms with Crippen LogP contribution in [0.15, 0.2) is 53.6 Å². The molecule has 0 saturated carbocycles. The molecule has 11 heteroatoms. The molecule has 0 fully saturated rings. The van der Waals surface area contributed by atoms with E-state index in [4.69, 9.17) is 0 Å². The Bertz CT molecular complexity index is 1390. The maximum atomic E-state index is 14.1. The molecule has 0 aliphatic rings. The Kier molecular flexibility index (Phi) is 5.33. The number of aromatic nitrogens is 4. The zero-order chi connectivity index (χ0) is 23.0. The third-order valence-electron chi connectivity index (χ3n) is 4.77. The van der Waals surface area contributed by atoms with Gasteiger partial charge >= 0.3 is 6.18 Å². The standard InChI is InChI=1S/C21H13F5N4O2/c22-12-4-1-3-11(16(12)23)7-10-30-19(17-14(31)5-2-8-27-17)29-13-6-9-28-18(21(24,25)26)15(13)20(30)32/h1-6,8-9,31H,7,10H2. The van der Waals surface area contributed by atoms with E-state index in [2.05, 4.69) is 15.0 Å². The van der Waals surface area contributed by atoms with Crippen LogP contribution >= 0.6 is 0 Å². The van der Waals surface area contributed by atoms with Gasteiger partial charge < -0.3 is 5.11 Å². The first kappa shape index (κ1) is 21.3. The van der Waals surface area contributed by atoms with Gasteiger partial charge in [0, 0.05) is 18.9 Å². The minimum atomic E-state index is -4.93. The summed E-state index contributed by atoms with van der Waals surface area (Å²) in [6.45, 7) is -0.361. The van der Waals surface area contributed by atoms with E-state index in [9.17, 15) is 31.9 Å². The summed E-state index contributed by atoms with van der Waals surface area (Å²) >= 11 is 0. The van der Waals surface area contributed by atoms with Crippen LogP contribution in [-0.4, -0.2) is 24.6 Å². The van der Waals surface area contributed by atoms with E-state index in [0.717, 1.165) is 22.9 Å². The van der Waals surface area contributed by atoms with Crippen molar-refractivity contribution < 1.29 is 27.1 Å². The molecule has 6 nitrogen and oxygen atoms in total. The summed E-state index contributed by atoms with van der Waals surface area (Å²) in [5.74, 6) is -2.82. The molecular formula is C21H13F5N4O2. The molecule has 1 N–H and O–H groups in total. The minimum absolute atomic E-state index is 0.0876. The van der Waals surface area contributed by atoms with Gasteiger partial charge in [-0.05, 0) is 36.2 Å². The number of pyridine rings is 2. The Morgan fingerprint density at radius 2 is 1.78 bits per heavy atom. The topological polar surface area (TPSA) is 80.9 Å². The molecule has 1 aromatic carbocycles. The lowest BCUT2D eigenvalue weighted by Crippen LogP contribution is -2.27. The molecule has 32 heavy (non-hydrogen) atoms. The Balaban J connectivity index is 1.96. The number of hydrogen-bond donors (Lipinski definition) is 1. The second kappa shape index (κ2) is 7.98. The molecular weight excluding hydrogens is 435 g/mol. The molecule has 0 aliphatic heterocycles. The maximum Gasteiger partial charge on any atom is 0.434 e. The molecule has 0 atom stereocenters. The Morgan fingerprint density at radius 3 is 2.50 bits per heavy atom. The number of halogens is 5. The summed E-state index contributed by atoms with van der Waals surface area (Å²) in [6.07, 6.45) is -3.00. The van der Waals surface area contributed by atoms with E-state index in [-0.39, 0.29) is 41.3 Å². The van der Waals surface area contributed by atoms with E-state index < -0.39 is 34.5 Å². The first-order valence-corrected chi connectivity index (χ1v) is 9.22. The quantitative estimate of drug-likeness (QED) is 0.476. The average molecular weight is 448 g/mol. The first-order chi connectivity index (χ1) is 15.2. The largest absolute Gasteiger partial charge is 0.506 e. The highest BCUT2D eigenvalue weighted by Crippen LogP contribution is 2.32. The van der Waals surface area contributed by atoms with Crippen LogP contribution in [0.3, 0.4) is 0 Å². The highest BCUT2D eigenvalue weighted by atomic mass is 19.4. The highest BCUT2D eigenvalue weighted by Gasteiger charge is 2.36. The number of hydrogen-bond acceptors (Lipinski definition) is 5. The molecule has 0 saturated heterocycles. The van der Waals surface area contributed by atoms with Crippen LogP contribution in [0.25, 0.3) is 22.4 Å². The van der Waals surface area contributed by atoms with Crippen molar-refractivity contribution in [1.82, 2.24) is 19.5 Å². The molecule has 4 rings (SSSR count). The number of benzene rings is 1. The molecule has 0 radical (unpaired) electrons. The molecule has 0 amide bonds. The second-order valence-electron chi connectivity index (χ2n) is 6.78. The number of alkyl halides is 3. The van der Waals surface area contributed by atoms with Crippen LogP contribution < -0.4 is 5.56 Å². The predicted molar refractivity (Wildman–Crippen MR) is 104 cm³/mol. The number of fused-ring (bicyclic) bond motifs is 1. The minimum Gasteiger partial charge on any atom is -0.506 e. The van der Waals surface area contributed by atoms with Crippen LogP contribution in [0, 0.1) is 11.6 Å². The molecule has 0 aliphatic carbocycles. The van der Waals surface area contributed by atoms with E-state index in [1.807, 2.05) is 0 Å². The van der Waals surface area contributed by atoms with Crippen LogP contribution in [0.2, 0.25) is 0 Å². The van der Waals surface area contributed by atoms with Crippen molar-refractivity contribution in [2.24, 2.45) is 0 Å². The van der Waals surface area contributed by atoms with Crippen LogP contribution in [0.4, 0.5) is 22.0 Å². The van der Waals surface area contributed by atoms with Crippen molar-refractivity contribution >= 4 is 10.9 Å². The van der Waals surface area contributed by atoms with Gasteiger partial charge in [0.1, 0.15) is 11.4 Å². The van der Waals surface area contributed by atoms with Gasteiger partial charge in [-0.2, -0.15) is 13.2 Å². The van der Waals surface area contributed by atoms with Crippen molar-refractivity contribution in [3.05, 3.63) is 82.0 Å². The van der Waals surface area contributed by atoms with Gasteiger partial charge in [-0.1, -0.05) is 12.1 Å². The third-order valence-corrected chi connectivity index (χ3v) is 4.77. The van der Waals surface area contributed by atoms with E-state index in [0.29, 0.717) is 0 Å². The highest BCUT2D eigenvalue weighted by molar-refractivity contribution is 5.82. The zero-order valence-corrected chi connectivity index (χ0v) is 16.1. The smallest absolute Gasteiger partial charge is 0.434 e.